The van der Waals surface area contributed by atoms with E-state index in [0.29, 0.717) is 5.41 Å². The molecular formula is C11H22Y-2. The van der Waals surface area contributed by atoms with Gasteiger partial charge in [-0.3, -0.25) is 0 Å². The first-order chi connectivity index (χ1) is 4.66. The zero-order chi connectivity index (χ0) is 7.61. The second-order valence-corrected chi connectivity index (χ2v) is 4.24. The van der Waals surface area contributed by atoms with Gasteiger partial charge in [-0.25, -0.2) is 0 Å². The zero-order valence-corrected chi connectivity index (χ0v) is 11.7. The molecule has 0 heterocycles. The maximum Gasteiger partial charge on any atom is 0 e. The van der Waals surface area contributed by atoms with Crippen LogP contribution in [0.25, 0.3) is 0 Å². The van der Waals surface area contributed by atoms with Gasteiger partial charge in [0.2, 0.25) is 0 Å². The Labute approximate surface area is 104 Å². The number of hydrogen-bond donors (Lipinski definition) is 0. The molecule has 0 bridgehead atoms. The smallest absolute Gasteiger partial charge is 0 e. The van der Waals surface area contributed by atoms with Gasteiger partial charge in [-0.1, -0.05) is 44.9 Å². The quantitative estimate of drug-likeness (QED) is 0.613. The summed E-state index contributed by atoms with van der Waals surface area (Å²) < 4.78 is 0. The Hall–Kier alpha value is 1.10. The molecule has 1 heteroatoms. The predicted molar refractivity (Wildman–Crippen MR) is 52.1 cm³/mol. The molecule has 0 amide bonds. The third-order valence-corrected chi connectivity index (χ3v) is 3.08. The molecule has 0 aromatic heterocycles. The Morgan fingerprint density at radius 1 is 1.33 bits per heavy atom. The van der Waals surface area contributed by atoms with Crippen LogP contribution < -0.4 is 0 Å². The van der Waals surface area contributed by atoms with Crippen molar-refractivity contribution in [1.29, 1.82) is 0 Å². The molecule has 0 aromatic rings. The number of hydrogen-bond acceptors (Lipinski definition) is 0. The molecule has 0 nitrogen and oxygen atoms in total. The van der Waals surface area contributed by atoms with Crippen molar-refractivity contribution in [3.05, 3.63) is 14.4 Å². The molecule has 0 spiro atoms. The fourth-order valence-corrected chi connectivity index (χ4v) is 1.71. The molecule has 1 rings (SSSR count). The van der Waals surface area contributed by atoms with E-state index in [1.54, 1.807) is 0 Å². The zero-order valence-electron chi connectivity index (χ0n) is 8.90. The first-order valence-electron chi connectivity index (χ1n) is 4.45. The van der Waals surface area contributed by atoms with E-state index < -0.39 is 0 Å². The summed E-state index contributed by atoms with van der Waals surface area (Å²) >= 11 is 0. The topological polar surface area (TPSA) is 0 Å². The average molecular weight is 243 g/mol. The Kier molecular flexibility index (Phi) is 8.49. The average Bonchev–Trinajstić information content (AvgIpc) is 1.96. The maximum atomic E-state index is 4.01. The van der Waals surface area contributed by atoms with E-state index in [1.807, 2.05) is 0 Å². The molecule has 1 aliphatic carbocycles. The van der Waals surface area contributed by atoms with E-state index in [2.05, 4.69) is 20.8 Å². The van der Waals surface area contributed by atoms with Gasteiger partial charge in [0.25, 0.3) is 0 Å². The standard InChI is InChI=1S/C10H19.CH3.Y/c1-4-10(3)7-5-9(2)6-8-10;;/h9H,1,4-8H2,2-3H3;1H3;/q2*-1;. The summed E-state index contributed by atoms with van der Waals surface area (Å²) in [7, 11) is 0. The molecule has 71 valence electrons. The van der Waals surface area contributed by atoms with Crippen molar-refractivity contribution in [3.8, 4) is 0 Å². The number of rotatable bonds is 1. The summed E-state index contributed by atoms with van der Waals surface area (Å²) in [5.41, 5.74) is 0.590. The third kappa shape index (κ3) is 4.37. The Bertz CT molecular complexity index is 102. The molecule has 0 atom stereocenters. The van der Waals surface area contributed by atoms with E-state index in [4.69, 9.17) is 0 Å². The van der Waals surface area contributed by atoms with Crippen LogP contribution in [0.2, 0.25) is 0 Å². The largest absolute Gasteiger partial charge is 0.358 e. The van der Waals surface area contributed by atoms with E-state index in [-0.39, 0.29) is 40.1 Å². The van der Waals surface area contributed by atoms with Crippen molar-refractivity contribution in [3.63, 3.8) is 0 Å². The van der Waals surface area contributed by atoms with Crippen LogP contribution in [0.15, 0.2) is 0 Å². The van der Waals surface area contributed by atoms with Gasteiger partial charge in [0.1, 0.15) is 0 Å². The van der Waals surface area contributed by atoms with Crippen molar-refractivity contribution in [2.75, 3.05) is 0 Å². The molecular weight excluding hydrogens is 221 g/mol. The van der Waals surface area contributed by atoms with Crippen LogP contribution in [-0.2, 0) is 32.7 Å². The Balaban J connectivity index is 0. The summed E-state index contributed by atoms with van der Waals surface area (Å²) in [6.07, 6.45) is 6.77. The fourth-order valence-electron chi connectivity index (χ4n) is 1.71. The van der Waals surface area contributed by atoms with Crippen LogP contribution in [0, 0.1) is 25.7 Å². The minimum absolute atomic E-state index is 0. The SMILES string of the molecule is [CH2-]CC1(C)CCC(C)CC1.[CH3-].[Y]. The summed E-state index contributed by atoms with van der Waals surface area (Å²) in [5, 5.41) is 0. The van der Waals surface area contributed by atoms with Crippen LogP contribution in [0.5, 0.6) is 0 Å². The van der Waals surface area contributed by atoms with E-state index >= 15 is 0 Å². The van der Waals surface area contributed by atoms with E-state index in [9.17, 15) is 0 Å². The summed E-state index contributed by atoms with van der Waals surface area (Å²) in [5.74, 6) is 0.972. The van der Waals surface area contributed by atoms with E-state index in [0.717, 1.165) is 12.3 Å². The van der Waals surface area contributed by atoms with Crippen LogP contribution in [0.3, 0.4) is 0 Å². The van der Waals surface area contributed by atoms with Crippen LogP contribution in [0.4, 0.5) is 0 Å². The molecule has 0 aromatic carbocycles. The molecule has 0 saturated heterocycles. The van der Waals surface area contributed by atoms with Gasteiger partial charge in [-0.05, 0) is 5.92 Å². The van der Waals surface area contributed by atoms with Crippen LogP contribution in [0.1, 0.15) is 46.0 Å². The molecule has 1 fully saturated rings. The monoisotopic (exact) mass is 243 g/mol. The van der Waals surface area contributed by atoms with Gasteiger partial charge < -0.3 is 14.4 Å². The molecule has 12 heavy (non-hydrogen) atoms. The van der Waals surface area contributed by atoms with E-state index in [1.165, 1.54) is 25.7 Å². The molecule has 0 N–H and O–H groups in total. The van der Waals surface area contributed by atoms with Crippen LogP contribution >= 0.6 is 0 Å². The summed E-state index contributed by atoms with van der Waals surface area (Å²) in [6, 6.07) is 0. The summed E-state index contributed by atoms with van der Waals surface area (Å²) in [4.78, 5) is 0. The second-order valence-electron chi connectivity index (χ2n) is 4.24. The fraction of sp³-hybridized carbons (Fsp3) is 0.818. The molecule has 0 unspecified atom stereocenters. The first kappa shape index (κ1) is 15.6. The first-order valence-corrected chi connectivity index (χ1v) is 4.45. The molecule has 0 aliphatic heterocycles. The van der Waals surface area contributed by atoms with Gasteiger partial charge in [-0.2, -0.15) is 6.42 Å². The van der Waals surface area contributed by atoms with Gasteiger partial charge in [0.05, 0.1) is 0 Å². The van der Waals surface area contributed by atoms with Crippen molar-refractivity contribution in [2.45, 2.75) is 46.0 Å². The second kappa shape index (κ2) is 6.54. The van der Waals surface area contributed by atoms with Gasteiger partial charge in [0.15, 0.2) is 0 Å². The van der Waals surface area contributed by atoms with Crippen molar-refractivity contribution in [2.24, 2.45) is 11.3 Å². The maximum absolute atomic E-state index is 4.01. The molecule has 1 aliphatic rings. The minimum Gasteiger partial charge on any atom is -0.358 e. The predicted octanol–water partition coefficient (Wildman–Crippen LogP) is 3.87. The Morgan fingerprint density at radius 3 is 2.08 bits per heavy atom. The summed E-state index contributed by atoms with van der Waals surface area (Å²) in [6.45, 7) is 8.75. The third-order valence-electron chi connectivity index (χ3n) is 3.08. The van der Waals surface area contributed by atoms with Gasteiger partial charge >= 0.3 is 0 Å². The van der Waals surface area contributed by atoms with Crippen molar-refractivity contribution >= 4 is 0 Å². The van der Waals surface area contributed by atoms with Crippen molar-refractivity contribution < 1.29 is 32.7 Å². The molecule has 1 radical (unpaired) electrons. The van der Waals surface area contributed by atoms with Gasteiger partial charge in [0, 0.05) is 32.7 Å². The normalized spacial score (nSPS) is 34.8. The van der Waals surface area contributed by atoms with Gasteiger partial charge in [-0.15, -0.1) is 0 Å². The van der Waals surface area contributed by atoms with Crippen LogP contribution in [-0.4, -0.2) is 0 Å². The minimum atomic E-state index is 0. The molecule has 1 saturated carbocycles. The van der Waals surface area contributed by atoms with Crippen molar-refractivity contribution in [1.82, 2.24) is 0 Å². The Morgan fingerprint density at radius 2 is 1.75 bits per heavy atom.